The van der Waals surface area contributed by atoms with Crippen LogP contribution in [0.15, 0.2) is 35.9 Å². The van der Waals surface area contributed by atoms with Crippen molar-refractivity contribution in [1.29, 1.82) is 0 Å². The Morgan fingerprint density at radius 2 is 1.53 bits per heavy atom. The van der Waals surface area contributed by atoms with Crippen molar-refractivity contribution in [3.63, 3.8) is 0 Å². The van der Waals surface area contributed by atoms with Crippen molar-refractivity contribution >= 4 is 11.9 Å². The molecule has 7 atom stereocenters. The molecule has 0 spiro atoms. The molecule has 4 aliphatic rings. The van der Waals surface area contributed by atoms with E-state index in [0.717, 1.165) is 36.8 Å². The highest BCUT2D eigenvalue weighted by atomic mass is 16.3. The van der Waals surface area contributed by atoms with Crippen molar-refractivity contribution in [2.75, 3.05) is 0 Å². The summed E-state index contributed by atoms with van der Waals surface area (Å²) in [5.41, 5.74) is 1.99. The Kier molecular flexibility index (Phi) is 4.47. The lowest BCUT2D eigenvalue weighted by Gasteiger charge is -2.64. The Balaban J connectivity index is 1.50. The van der Waals surface area contributed by atoms with Crippen LogP contribution in [0.1, 0.15) is 84.6 Å². The molecule has 1 aromatic rings. The van der Waals surface area contributed by atoms with Crippen LogP contribution in [0, 0.1) is 34.0 Å². The predicted octanol–water partition coefficient (Wildman–Crippen LogP) is 6.43. The summed E-state index contributed by atoms with van der Waals surface area (Å²) in [4.78, 5) is 13.2. The number of allylic oxidation sites excluding steroid dienone is 1. The van der Waals surface area contributed by atoms with Gasteiger partial charge in [-0.05, 0) is 103 Å². The van der Waals surface area contributed by atoms with Crippen LogP contribution in [0.5, 0.6) is 0 Å². The third-order valence-corrected chi connectivity index (χ3v) is 10.8. The number of carbonyl (C=O) groups is 1. The van der Waals surface area contributed by atoms with E-state index in [1.165, 1.54) is 19.3 Å². The molecule has 162 valence electrons. The van der Waals surface area contributed by atoms with E-state index >= 15 is 0 Å². The molecule has 0 unspecified atom stereocenters. The van der Waals surface area contributed by atoms with Gasteiger partial charge in [0.15, 0.2) is 5.78 Å². The molecule has 2 nitrogen and oxygen atoms in total. The van der Waals surface area contributed by atoms with Crippen LogP contribution in [0.4, 0.5) is 0 Å². The van der Waals surface area contributed by atoms with Gasteiger partial charge in [-0.3, -0.25) is 4.79 Å². The van der Waals surface area contributed by atoms with Crippen LogP contribution < -0.4 is 0 Å². The molecule has 0 aromatic heterocycles. The number of ketones is 1. The molecule has 0 heterocycles. The summed E-state index contributed by atoms with van der Waals surface area (Å²) >= 11 is 0. The summed E-state index contributed by atoms with van der Waals surface area (Å²) in [6.07, 6.45) is 10.6. The maximum absolute atomic E-state index is 13.2. The van der Waals surface area contributed by atoms with E-state index in [0.29, 0.717) is 30.0 Å². The molecule has 30 heavy (non-hydrogen) atoms. The number of Topliss-reactive ketones (excluding diaryl/α,β-unsaturated/α-hetero) is 1. The van der Waals surface area contributed by atoms with Crippen molar-refractivity contribution in [3.8, 4) is 0 Å². The minimum Gasteiger partial charge on any atom is -0.390 e. The molecule has 1 N–H and O–H groups in total. The molecule has 0 bridgehead atoms. The summed E-state index contributed by atoms with van der Waals surface area (Å²) in [5, 5.41) is 11.2. The van der Waals surface area contributed by atoms with Crippen LogP contribution in [-0.4, -0.2) is 16.5 Å². The number of fused-ring (bicyclic) bond motifs is 5. The molecule has 4 aliphatic carbocycles. The quantitative estimate of drug-likeness (QED) is 0.545. The molecule has 0 amide bonds. The first kappa shape index (κ1) is 20.5. The molecular weight excluding hydrogens is 368 g/mol. The van der Waals surface area contributed by atoms with Gasteiger partial charge in [-0.25, -0.2) is 0 Å². The van der Waals surface area contributed by atoms with Gasteiger partial charge in [0.1, 0.15) is 0 Å². The molecule has 5 rings (SSSR count). The lowest BCUT2D eigenvalue weighted by atomic mass is 9.40. The Morgan fingerprint density at radius 3 is 2.27 bits per heavy atom. The maximum Gasteiger partial charge on any atom is 0.159 e. The van der Waals surface area contributed by atoms with Crippen LogP contribution in [-0.2, 0) is 4.79 Å². The molecular formula is C28H38O2. The average Bonchev–Trinajstić information content (AvgIpc) is 2.94. The third-order valence-electron chi connectivity index (χ3n) is 10.8. The molecule has 0 radical (unpaired) electrons. The summed E-state index contributed by atoms with van der Waals surface area (Å²) < 4.78 is 0. The number of aliphatic hydroxyl groups is 1. The van der Waals surface area contributed by atoms with Crippen molar-refractivity contribution in [2.24, 2.45) is 34.0 Å². The summed E-state index contributed by atoms with van der Waals surface area (Å²) in [7, 11) is 0. The Morgan fingerprint density at radius 1 is 0.867 bits per heavy atom. The Labute approximate surface area is 182 Å². The van der Waals surface area contributed by atoms with Gasteiger partial charge in [-0.15, -0.1) is 0 Å². The molecule has 2 heteroatoms. The largest absolute Gasteiger partial charge is 0.390 e. The first-order valence-electron chi connectivity index (χ1n) is 12.1. The standard InChI is InChI=1S/C28H38O2/c1-25-13-10-21-22-12-15-28(4,30)26(22,2)14-11-23(21)27(25,3)17-20(24(29)18-25)16-19-8-6-5-7-9-19/h5-9,16,21-23,30H,10-15,17-18H2,1-4H3/t21-,22-,23+,25+,26-,27+,28+/m1/s1. The Bertz CT molecular complexity index is 883. The first-order valence-corrected chi connectivity index (χ1v) is 12.1. The minimum absolute atomic E-state index is 0.0610. The van der Waals surface area contributed by atoms with E-state index < -0.39 is 5.60 Å². The second-order valence-electron chi connectivity index (χ2n) is 12.0. The fraction of sp³-hybridized carbons (Fsp3) is 0.679. The van der Waals surface area contributed by atoms with E-state index in [4.69, 9.17) is 0 Å². The topological polar surface area (TPSA) is 37.3 Å². The van der Waals surface area contributed by atoms with E-state index in [9.17, 15) is 9.90 Å². The highest BCUT2D eigenvalue weighted by molar-refractivity contribution is 6.01. The van der Waals surface area contributed by atoms with Crippen molar-refractivity contribution in [1.82, 2.24) is 0 Å². The molecule has 0 aliphatic heterocycles. The fourth-order valence-corrected chi connectivity index (χ4v) is 8.42. The van der Waals surface area contributed by atoms with E-state index in [1.54, 1.807) is 0 Å². The summed E-state index contributed by atoms with van der Waals surface area (Å²) in [5.74, 6) is 2.35. The van der Waals surface area contributed by atoms with E-state index in [1.807, 2.05) is 6.07 Å². The van der Waals surface area contributed by atoms with Crippen LogP contribution >= 0.6 is 0 Å². The van der Waals surface area contributed by atoms with Crippen molar-refractivity contribution in [2.45, 2.75) is 84.7 Å². The molecule has 1 aromatic carbocycles. The van der Waals surface area contributed by atoms with Crippen LogP contribution in [0.3, 0.4) is 0 Å². The second kappa shape index (κ2) is 6.55. The Hall–Kier alpha value is -1.41. The highest BCUT2D eigenvalue weighted by Crippen LogP contribution is 2.71. The smallest absolute Gasteiger partial charge is 0.159 e. The van der Waals surface area contributed by atoms with Gasteiger partial charge in [0.2, 0.25) is 0 Å². The fourth-order valence-electron chi connectivity index (χ4n) is 8.42. The number of hydrogen-bond donors (Lipinski definition) is 1. The van der Waals surface area contributed by atoms with Crippen LogP contribution in [0.25, 0.3) is 6.08 Å². The number of rotatable bonds is 1. The maximum atomic E-state index is 13.2. The monoisotopic (exact) mass is 406 g/mol. The van der Waals surface area contributed by atoms with Gasteiger partial charge >= 0.3 is 0 Å². The summed E-state index contributed by atoms with van der Waals surface area (Å²) in [6.45, 7) is 9.36. The van der Waals surface area contributed by atoms with E-state index in [-0.39, 0.29) is 16.2 Å². The normalized spacial score (nSPS) is 49.4. The third kappa shape index (κ3) is 2.68. The zero-order chi connectivity index (χ0) is 21.4. The lowest BCUT2D eigenvalue weighted by molar-refractivity contribution is -0.169. The zero-order valence-corrected chi connectivity index (χ0v) is 19.2. The van der Waals surface area contributed by atoms with Gasteiger partial charge in [0, 0.05) is 6.42 Å². The molecule has 4 fully saturated rings. The molecule has 4 saturated carbocycles. The zero-order valence-electron chi connectivity index (χ0n) is 19.2. The van der Waals surface area contributed by atoms with Crippen molar-refractivity contribution in [3.05, 3.63) is 41.5 Å². The van der Waals surface area contributed by atoms with Gasteiger partial charge in [0.05, 0.1) is 5.60 Å². The van der Waals surface area contributed by atoms with Gasteiger partial charge in [0.25, 0.3) is 0 Å². The van der Waals surface area contributed by atoms with Gasteiger partial charge < -0.3 is 5.11 Å². The van der Waals surface area contributed by atoms with Crippen molar-refractivity contribution < 1.29 is 9.90 Å². The van der Waals surface area contributed by atoms with Crippen LogP contribution in [0.2, 0.25) is 0 Å². The number of hydrogen-bond acceptors (Lipinski definition) is 2. The highest BCUT2D eigenvalue weighted by Gasteiger charge is 2.65. The summed E-state index contributed by atoms with van der Waals surface area (Å²) in [6, 6.07) is 10.3. The predicted molar refractivity (Wildman–Crippen MR) is 122 cm³/mol. The number of benzene rings is 1. The van der Waals surface area contributed by atoms with Gasteiger partial charge in [-0.1, -0.05) is 51.1 Å². The molecule has 0 saturated heterocycles. The SMILES string of the molecule is C[C@@]12CC[C@@H]3[C@H]4CC[C@](C)(O)[C@]4(C)CC[C@@H]3[C@]1(C)CC(=Cc1ccccc1)C(=O)C2. The van der Waals surface area contributed by atoms with E-state index in [2.05, 4.69) is 58.0 Å². The minimum atomic E-state index is -0.523. The first-order chi connectivity index (χ1) is 14.1. The average molecular weight is 407 g/mol. The lowest BCUT2D eigenvalue weighted by Crippen LogP contribution is -2.59. The second-order valence-corrected chi connectivity index (χ2v) is 12.0. The number of carbonyl (C=O) groups excluding carboxylic acids is 1. The van der Waals surface area contributed by atoms with Gasteiger partial charge in [-0.2, -0.15) is 0 Å².